The van der Waals surface area contributed by atoms with Crippen LogP contribution in [0.5, 0.6) is 0 Å². The zero-order valence-corrected chi connectivity index (χ0v) is 13.3. The van der Waals surface area contributed by atoms with Crippen molar-refractivity contribution in [2.75, 3.05) is 11.9 Å². The maximum atomic E-state index is 6.06. The van der Waals surface area contributed by atoms with Crippen LogP contribution in [0.25, 0.3) is 0 Å². The number of halogens is 2. The molecule has 0 saturated heterocycles. The molecule has 2 nitrogen and oxygen atoms in total. The third-order valence-corrected chi connectivity index (χ3v) is 3.68. The average Bonchev–Trinajstić information content (AvgIpc) is 2.41. The summed E-state index contributed by atoms with van der Waals surface area (Å²) in [4.78, 5) is 2.42. The third kappa shape index (κ3) is 3.63. The molecule has 2 N–H and O–H groups in total. The summed E-state index contributed by atoms with van der Waals surface area (Å²) in [6.07, 6.45) is 0. The van der Waals surface area contributed by atoms with Gasteiger partial charge in [-0.2, -0.15) is 0 Å². The van der Waals surface area contributed by atoms with Crippen LogP contribution in [0.3, 0.4) is 0 Å². The molecular formula is C15H14Cl2N2S. The van der Waals surface area contributed by atoms with Gasteiger partial charge in [0.25, 0.3) is 0 Å². The van der Waals surface area contributed by atoms with Gasteiger partial charge in [-0.05, 0) is 35.9 Å². The van der Waals surface area contributed by atoms with Gasteiger partial charge in [0.2, 0.25) is 0 Å². The quantitative estimate of drug-likeness (QED) is 0.852. The molecule has 0 bridgehead atoms. The summed E-state index contributed by atoms with van der Waals surface area (Å²) in [6.45, 7) is 0.715. The largest absolute Gasteiger partial charge is 0.389 e. The van der Waals surface area contributed by atoms with Crippen molar-refractivity contribution in [3.8, 4) is 0 Å². The Morgan fingerprint density at radius 2 is 1.70 bits per heavy atom. The van der Waals surface area contributed by atoms with Crippen LogP contribution in [0.4, 0.5) is 5.69 Å². The van der Waals surface area contributed by atoms with E-state index in [1.165, 1.54) is 0 Å². The number of nitrogens with zero attached hydrogens (tertiary/aromatic N) is 1. The summed E-state index contributed by atoms with van der Waals surface area (Å²) in [5.74, 6) is 0. The number of hydrogen-bond acceptors (Lipinski definition) is 2. The first-order chi connectivity index (χ1) is 9.47. The van der Waals surface area contributed by atoms with Crippen LogP contribution >= 0.6 is 35.4 Å². The van der Waals surface area contributed by atoms with Crippen molar-refractivity contribution in [1.82, 2.24) is 0 Å². The van der Waals surface area contributed by atoms with Gasteiger partial charge in [-0.1, -0.05) is 47.6 Å². The third-order valence-electron chi connectivity index (χ3n) is 2.97. The molecule has 0 aliphatic heterocycles. The van der Waals surface area contributed by atoms with E-state index in [-0.39, 0.29) is 0 Å². The van der Waals surface area contributed by atoms with Gasteiger partial charge < -0.3 is 10.6 Å². The van der Waals surface area contributed by atoms with Gasteiger partial charge in [0, 0.05) is 34.9 Å². The van der Waals surface area contributed by atoms with E-state index >= 15 is 0 Å². The zero-order valence-electron chi connectivity index (χ0n) is 10.9. The monoisotopic (exact) mass is 324 g/mol. The van der Waals surface area contributed by atoms with Crippen molar-refractivity contribution in [2.24, 2.45) is 5.73 Å². The summed E-state index contributed by atoms with van der Waals surface area (Å²) >= 11 is 17.0. The number of rotatable bonds is 4. The van der Waals surface area contributed by atoms with E-state index in [1.807, 2.05) is 43.4 Å². The van der Waals surface area contributed by atoms with Gasteiger partial charge >= 0.3 is 0 Å². The van der Waals surface area contributed by atoms with Crippen LogP contribution in [-0.2, 0) is 6.54 Å². The lowest BCUT2D eigenvalue weighted by molar-refractivity contribution is 0.922. The van der Waals surface area contributed by atoms with Crippen LogP contribution in [0.1, 0.15) is 11.1 Å². The van der Waals surface area contributed by atoms with E-state index in [0.717, 1.165) is 21.8 Å². The minimum absolute atomic E-state index is 0.361. The first kappa shape index (κ1) is 15.1. The van der Waals surface area contributed by atoms with Crippen LogP contribution in [0.15, 0.2) is 42.5 Å². The Kier molecular flexibility index (Phi) is 4.86. The molecule has 2 aromatic carbocycles. The average molecular weight is 325 g/mol. The van der Waals surface area contributed by atoms with Gasteiger partial charge in [-0.3, -0.25) is 0 Å². The Morgan fingerprint density at radius 3 is 2.30 bits per heavy atom. The second kappa shape index (κ2) is 6.44. The van der Waals surface area contributed by atoms with E-state index in [1.54, 1.807) is 6.07 Å². The lowest BCUT2D eigenvalue weighted by atomic mass is 10.1. The van der Waals surface area contributed by atoms with Crippen molar-refractivity contribution < 1.29 is 0 Å². The molecule has 0 fully saturated rings. The van der Waals surface area contributed by atoms with Crippen LogP contribution in [0, 0.1) is 0 Å². The first-order valence-electron chi connectivity index (χ1n) is 6.02. The lowest BCUT2D eigenvalue weighted by Crippen LogP contribution is -2.21. The highest BCUT2D eigenvalue weighted by Gasteiger charge is 2.11. The maximum absolute atomic E-state index is 6.06. The fourth-order valence-corrected chi connectivity index (χ4v) is 2.44. The molecule has 0 aliphatic rings. The minimum atomic E-state index is 0.361. The van der Waals surface area contributed by atoms with E-state index in [4.69, 9.17) is 41.2 Å². The normalized spacial score (nSPS) is 10.3. The highest BCUT2D eigenvalue weighted by molar-refractivity contribution is 7.80. The van der Waals surface area contributed by atoms with Crippen molar-refractivity contribution in [1.29, 1.82) is 0 Å². The summed E-state index contributed by atoms with van der Waals surface area (Å²) in [5, 5.41) is 1.38. The number of thiocarbonyl (C=S) groups is 1. The Bertz CT molecular complexity index is 626. The Morgan fingerprint density at radius 1 is 1.10 bits per heavy atom. The standard InChI is InChI=1S/C15H14Cl2N2S/c1-19(9-10-2-4-11(16)5-3-10)14-8-12(17)6-7-13(14)15(18)20/h2-8H,9H2,1H3,(H2,18,20). The van der Waals surface area contributed by atoms with E-state index < -0.39 is 0 Å². The highest BCUT2D eigenvalue weighted by atomic mass is 35.5. The smallest absolute Gasteiger partial charge is 0.106 e. The fraction of sp³-hybridized carbons (Fsp3) is 0.133. The van der Waals surface area contributed by atoms with Crippen molar-refractivity contribution in [2.45, 2.75) is 6.54 Å². The van der Waals surface area contributed by atoms with Crippen molar-refractivity contribution in [3.05, 3.63) is 63.6 Å². The predicted octanol–water partition coefficient (Wildman–Crippen LogP) is 4.26. The summed E-state index contributed by atoms with van der Waals surface area (Å²) < 4.78 is 0. The predicted molar refractivity (Wildman–Crippen MR) is 90.9 cm³/mol. The van der Waals surface area contributed by atoms with Gasteiger partial charge in [0.1, 0.15) is 4.99 Å². The molecular weight excluding hydrogens is 311 g/mol. The SMILES string of the molecule is CN(Cc1ccc(Cl)cc1)c1cc(Cl)ccc1C(N)=S. The Labute approximate surface area is 134 Å². The first-order valence-corrected chi connectivity index (χ1v) is 7.18. The van der Waals surface area contributed by atoms with E-state index in [0.29, 0.717) is 16.6 Å². The maximum Gasteiger partial charge on any atom is 0.106 e. The molecule has 0 heterocycles. The second-order valence-corrected chi connectivity index (χ2v) is 5.82. The molecule has 0 atom stereocenters. The molecule has 104 valence electrons. The lowest BCUT2D eigenvalue weighted by Gasteiger charge is -2.22. The number of hydrogen-bond donors (Lipinski definition) is 1. The number of benzene rings is 2. The fourth-order valence-electron chi connectivity index (χ4n) is 1.98. The van der Waals surface area contributed by atoms with E-state index in [2.05, 4.69) is 4.90 Å². The molecule has 0 spiro atoms. The summed E-state index contributed by atoms with van der Waals surface area (Å²) in [7, 11) is 1.97. The molecule has 2 aromatic rings. The van der Waals surface area contributed by atoms with Gasteiger partial charge in [-0.25, -0.2) is 0 Å². The van der Waals surface area contributed by atoms with Crippen LogP contribution < -0.4 is 10.6 Å². The molecule has 5 heteroatoms. The van der Waals surface area contributed by atoms with Crippen molar-refractivity contribution in [3.63, 3.8) is 0 Å². The van der Waals surface area contributed by atoms with E-state index in [9.17, 15) is 0 Å². The molecule has 2 rings (SSSR count). The highest BCUT2D eigenvalue weighted by Crippen LogP contribution is 2.25. The molecule has 0 unspecified atom stereocenters. The molecule has 0 radical (unpaired) electrons. The molecule has 0 saturated carbocycles. The second-order valence-electron chi connectivity index (χ2n) is 4.51. The van der Waals surface area contributed by atoms with Crippen molar-refractivity contribution >= 4 is 46.1 Å². The molecule has 0 aliphatic carbocycles. The molecule has 20 heavy (non-hydrogen) atoms. The Balaban J connectivity index is 2.28. The zero-order chi connectivity index (χ0) is 14.7. The summed E-state index contributed by atoms with van der Waals surface area (Å²) in [6, 6.07) is 13.2. The molecule has 0 amide bonds. The number of nitrogens with two attached hydrogens (primary N) is 1. The van der Waals surface area contributed by atoms with Gasteiger partial charge in [0.05, 0.1) is 0 Å². The topological polar surface area (TPSA) is 29.3 Å². The molecule has 0 aromatic heterocycles. The minimum Gasteiger partial charge on any atom is -0.389 e. The Hall–Kier alpha value is -1.29. The van der Waals surface area contributed by atoms with Gasteiger partial charge in [-0.15, -0.1) is 0 Å². The van der Waals surface area contributed by atoms with Crippen LogP contribution in [-0.4, -0.2) is 12.0 Å². The van der Waals surface area contributed by atoms with Gasteiger partial charge in [0.15, 0.2) is 0 Å². The number of anilines is 1. The van der Waals surface area contributed by atoms with Crippen LogP contribution in [0.2, 0.25) is 10.0 Å². The summed E-state index contributed by atoms with van der Waals surface area (Å²) in [5.41, 5.74) is 8.64.